The van der Waals surface area contributed by atoms with Crippen LogP contribution in [0.25, 0.3) is 5.69 Å². The van der Waals surface area contributed by atoms with Gasteiger partial charge in [0.25, 0.3) is 0 Å². The second-order valence-corrected chi connectivity index (χ2v) is 4.02. The largest absolute Gasteiger partial charge is 0.477 e. The normalized spacial score (nSPS) is 10.4. The van der Waals surface area contributed by atoms with E-state index in [1.807, 2.05) is 0 Å². The molecule has 98 valence electrons. The quantitative estimate of drug-likeness (QED) is 0.673. The maximum Gasteiger partial charge on any atom is 0.342 e. The molecule has 2 aromatic rings. The molecule has 0 atom stereocenters. The Labute approximate surface area is 108 Å². The zero-order valence-electron chi connectivity index (χ0n) is 10.3. The molecule has 0 aliphatic heterocycles. The highest BCUT2D eigenvalue weighted by molar-refractivity contribution is 5.94. The molecule has 0 saturated heterocycles. The standard InChI is InChI=1S/C12H11N3O4/c1-7-8(2)14(6-13-7)10-5-3-4-9(12(16)17)11(10)15(18)19/h3-6H,1-2H3,(H,16,17). The van der Waals surface area contributed by atoms with E-state index in [-0.39, 0.29) is 11.3 Å². The zero-order chi connectivity index (χ0) is 14.2. The molecule has 0 unspecified atom stereocenters. The van der Waals surface area contributed by atoms with Crippen molar-refractivity contribution in [1.29, 1.82) is 0 Å². The third-order valence-corrected chi connectivity index (χ3v) is 2.94. The Morgan fingerprint density at radius 2 is 2.11 bits per heavy atom. The summed E-state index contributed by atoms with van der Waals surface area (Å²) in [6.45, 7) is 3.54. The first kappa shape index (κ1) is 12.7. The van der Waals surface area contributed by atoms with Gasteiger partial charge >= 0.3 is 11.7 Å². The Balaban J connectivity index is 2.77. The Morgan fingerprint density at radius 1 is 1.42 bits per heavy atom. The van der Waals surface area contributed by atoms with Gasteiger partial charge in [0.15, 0.2) is 0 Å². The van der Waals surface area contributed by atoms with Crippen LogP contribution in [0.3, 0.4) is 0 Å². The Bertz CT molecular complexity index is 676. The van der Waals surface area contributed by atoms with Crippen LogP contribution in [0.15, 0.2) is 24.5 Å². The number of rotatable bonds is 3. The lowest BCUT2D eigenvalue weighted by atomic mass is 10.1. The van der Waals surface area contributed by atoms with Crippen molar-refractivity contribution >= 4 is 11.7 Å². The van der Waals surface area contributed by atoms with E-state index in [1.165, 1.54) is 29.1 Å². The lowest BCUT2D eigenvalue weighted by Gasteiger charge is -2.08. The predicted octanol–water partition coefficient (Wildman–Crippen LogP) is 2.10. The van der Waals surface area contributed by atoms with E-state index in [2.05, 4.69) is 4.98 Å². The molecule has 0 aliphatic rings. The van der Waals surface area contributed by atoms with Gasteiger partial charge in [0.05, 0.1) is 16.9 Å². The van der Waals surface area contributed by atoms with Crippen molar-refractivity contribution in [3.05, 3.63) is 51.6 Å². The fourth-order valence-electron chi connectivity index (χ4n) is 1.83. The van der Waals surface area contributed by atoms with E-state index in [4.69, 9.17) is 5.11 Å². The summed E-state index contributed by atoms with van der Waals surface area (Å²) in [6, 6.07) is 4.18. The van der Waals surface area contributed by atoms with Crippen LogP contribution < -0.4 is 0 Å². The van der Waals surface area contributed by atoms with Gasteiger partial charge in [0, 0.05) is 5.69 Å². The van der Waals surface area contributed by atoms with E-state index in [0.717, 1.165) is 11.4 Å². The molecule has 19 heavy (non-hydrogen) atoms. The second-order valence-electron chi connectivity index (χ2n) is 4.02. The SMILES string of the molecule is Cc1ncn(-c2cccc(C(=O)O)c2[N+](=O)[O-])c1C. The van der Waals surface area contributed by atoms with Crippen molar-refractivity contribution in [3.63, 3.8) is 0 Å². The molecule has 1 heterocycles. The number of carboxylic acid groups (broad SMARTS) is 1. The smallest absolute Gasteiger partial charge is 0.342 e. The van der Waals surface area contributed by atoms with Gasteiger partial charge in [-0.2, -0.15) is 0 Å². The van der Waals surface area contributed by atoms with Crippen LogP contribution in [0.5, 0.6) is 0 Å². The molecule has 0 aliphatic carbocycles. The molecule has 0 amide bonds. The first-order chi connectivity index (χ1) is 8.93. The van der Waals surface area contributed by atoms with Gasteiger partial charge in [0.1, 0.15) is 11.3 Å². The highest BCUT2D eigenvalue weighted by Gasteiger charge is 2.25. The summed E-state index contributed by atoms with van der Waals surface area (Å²) in [5.41, 5.74) is 0.882. The molecule has 0 fully saturated rings. The van der Waals surface area contributed by atoms with Crippen LogP contribution in [-0.4, -0.2) is 25.6 Å². The van der Waals surface area contributed by atoms with Gasteiger partial charge in [-0.1, -0.05) is 6.07 Å². The lowest BCUT2D eigenvalue weighted by Crippen LogP contribution is -2.07. The molecule has 0 radical (unpaired) electrons. The summed E-state index contributed by atoms with van der Waals surface area (Å²) < 4.78 is 1.51. The van der Waals surface area contributed by atoms with Crippen molar-refractivity contribution in [2.75, 3.05) is 0 Å². The fourth-order valence-corrected chi connectivity index (χ4v) is 1.83. The van der Waals surface area contributed by atoms with E-state index in [9.17, 15) is 14.9 Å². The molecule has 7 heteroatoms. The third-order valence-electron chi connectivity index (χ3n) is 2.94. The van der Waals surface area contributed by atoms with E-state index in [0.29, 0.717) is 0 Å². The van der Waals surface area contributed by atoms with Crippen LogP contribution in [0.4, 0.5) is 5.69 Å². The van der Waals surface area contributed by atoms with Crippen molar-refractivity contribution in [1.82, 2.24) is 9.55 Å². The number of aromatic carboxylic acids is 1. The summed E-state index contributed by atoms with van der Waals surface area (Å²) >= 11 is 0. The Hall–Kier alpha value is -2.70. The van der Waals surface area contributed by atoms with Crippen LogP contribution >= 0.6 is 0 Å². The number of hydrogen-bond donors (Lipinski definition) is 1. The van der Waals surface area contributed by atoms with Crippen LogP contribution in [-0.2, 0) is 0 Å². The molecule has 1 aromatic heterocycles. The summed E-state index contributed by atoms with van der Waals surface area (Å²) in [7, 11) is 0. The zero-order valence-corrected chi connectivity index (χ0v) is 10.3. The Kier molecular flexibility index (Phi) is 3.04. The molecule has 1 aromatic carbocycles. The fraction of sp³-hybridized carbons (Fsp3) is 0.167. The number of aromatic nitrogens is 2. The number of nitro benzene ring substituents is 1. The molecular weight excluding hydrogens is 250 g/mol. The summed E-state index contributed by atoms with van der Waals surface area (Å²) in [5, 5.41) is 20.2. The molecule has 1 N–H and O–H groups in total. The second kappa shape index (κ2) is 4.52. The van der Waals surface area contributed by atoms with Gasteiger partial charge in [-0.05, 0) is 26.0 Å². The number of carbonyl (C=O) groups is 1. The minimum Gasteiger partial charge on any atom is -0.477 e. The molecule has 2 rings (SSSR count). The number of hydrogen-bond acceptors (Lipinski definition) is 4. The molecule has 0 spiro atoms. The van der Waals surface area contributed by atoms with Crippen molar-refractivity contribution in [3.8, 4) is 5.69 Å². The first-order valence-electron chi connectivity index (χ1n) is 5.45. The number of nitrogens with zero attached hydrogens (tertiary/aromatic N) is 3. The number of carboxylic acids is 1. The lowest BCUT2D eigenvalue weighted by molar-refractivity contribution is -0.384. The van der Waals surface area contributed by atoms with E-state index in [1.54, 1.807) is 13.8 Å². The summed E-state index contributed by atoms with van der Waals surface area (Å²) in [6.07, 6.45) is 1.44. The van der Waals surface area contributed by atoms with Crippen molar-refractivity contribution < 1.29 is 14.8 Å². The summed E-state index contributed by atoms with van der Waals surface area (Å²) in [5.74, 6) is -1.33. The van der Waals surface area contributed by atoms with Gasteiger partial charge in [-0.25, -0.2) is 9.78 Å². The highest BCUT2D eigenvalue weighted by Crippen LogP contribution is 2.28. The number of nitro groups is 1. The van der Waals surface area contributed by atoms with Gasteiger partial charge in [-0.3, -0.25) is 14.7 Å². The topological polar surface area (TPSA) is 98.3 Å². The van der Waals surface area contributed by atoms with Gasteiger partial charge in [-0.15, -0.1) is 0 Å². The summed E-state index contributed by atoms with van der Waals surface area (Å²) in [4.78, 5) is 25.6. The predicted molar refractivity (Wildman–Crippen MR) is 66.7 cm³/mol. The number of para-hydroxylation sites is 1. The molecule has 7 nitrogen and oxygen atoms in total. The van der Waals surface area contributed by atoms with E-state index < -0.39 is 16.6 Å². The minimum absolute atomic E-state index is 0.197. The van der Waals surface area contributed by atoms with Crippen molar-refractivity contribution in [2.24, 2.45) is 0 Å². The number of imidazole rings is 1. The average Bonchev–Trinajstić information content (AvgIpc) is 2.69. The average molecular weight is 261 g/mol. The number of aryl methyl sites for hydroxylation is 1. The molecule has 0 bridgehead atoms. The van der Waals surface area contributed by atoms with Crippen LogP contribution in [0, 0.1) is 24.0 Å². The monoisotopic (exact) mass is 261 g/mol. The minimum atomic E-state index is -1.33. The van der Waals surface area contributed by atoms with Crippen LogP contribution in [0.1, 0.15) is 21.7 Å². The van der Waals surface area contributed by atoms with Gasteiger partial charge in [0.2, 0.25) is 0 Å². The van der Waals surface area contributed by atoms with Crippen LogP contribution in [0.2, 0.25) is 0 Å². The molecular formula is C12H11N3O4. The highest BCUT2D eigenvalue weighted by atomic mass is 16.6. The van der Waals surface area contributed by atoms with Gasteiger partial charge < -0.3 is 5.11 Å². The maximum atomic E-state index is 11.1. The number of benzene rings is 1. The third kappa shape index (κ3) is 2.05. The Morgan fingerprint density at radius 3 is 2.58 bits per heavy atom. The maximum absolute atomic E-state index is 11.1. The molecule has 0 saturated carbocycles. The van der Waals surface area contributed by atoms with Crippen molar-refractivity contribution in [2.45, 2.75) is 13.8 Å². The first-order valence-corrected chi connectivity index (χ1v) is 5.45. The van der Waals surface area contributed by atoms with E-state index >= 15 is 0 Å².